The van der Waals surface area contributed by atoms with Crippen LogP contribution in [0.15, 0.2) is 54.7 Å². The van der Waals surface area contributed by atoms with Crippen LogP contribution >= 0.6 is 0 Å². The quantitative estimate of drug-likeness (QED) is 0.541. The van der Waals surface area contributed by atoms with Gasteiger partial charge in [-0.05, 0) is 43.4 Å². The summed E-state index contributed by atoms with van der Waals surface area (Å²) in [6, 6.07) is 17.1. The third kappa shape index (κ3) is 4.64. The first-order valence-electron chi connectivity index (χ1n) is 10.4. The maximum Gasteiger partial charge on any atom is 0.220 e. The molecule has 3 rings (SSSR count). The van der Waals surface area contributed by atoms with Gasteiger partial charge >= 0.3 is 0 Å². The molecule has 0 saturated heterocycles. The lowest BCUT2D eigenvalue weighted by atomic mass is 9.87. The van der Waals surface area contributed by atoms with Crippen LogP contribution in [0.4, 0.5) is 0 Å². The van der Waals surface area contributed by atoms with E-state index in [0.717, 1.165) is 19.5 Å². The van der Waals surface area contributed by atoms with Crippen molar-refractivity contribution in [2.75, 3.05) is 6.54 Å². The Hall–Kier alpha value is -2.55. The van der Waals surface area contributed by atoms with Crippen molar-refractivity contribution in [3.05, 3.63) is 71.4 Å². The zero-order chi connectivity index (χ0) is 20.1. The number of carbonyl (C=O) groups excluding carboxylic acids is 1. The van der Waals surface area contributed by atoms with Crippen molar-refractivity contribution in [1.29, 1.82) is 0 Å². The Morgan fingerprint density at radius 3 is 2.46 bits per heavy atom. The van der Waals surface area contributed by atoms with E-state index in [2.05, 4.69) is 92.3 Å². The number of hydrogen-bond donors (Lipinski definition) is 1. The highest BCUT2D eigenvalue weighted by Gasteiger charge is 2.22. The highest BCUT2D eigenvalue weighted by molar-refractivity contribution is 5.86. The molecule has 0 spiro atoms. The van der Waals surface area contributed by atoms with Crippen molar-refractivity contribution in [2.45, 2.75) is 53.0 Å². The third-order valence-electron chi connectivity index (χ3n) is 5.45. The van der Waals surface area contributed by atoms with Gasteiger partial charge in [-0.1, -0.05) is 61.9 Å². The van der Waals surface area contributed by atoms with E-state index < -0.39 is 0 Å². The van der Waals surface area contributed by atoms with E-state index in [-0.39, 0.29) is 11.8 Å². The topological polar surface area (TPSA) is 34.0 Å². The van der Waals surface area contributed by atoms with Crippen LogP contribution in [-0.2, 0) is 11.3 Å². The zero-order valence-corrected chi connectivity index (χ0v) is 17.5. The van der Waals surface area contributed by atoms with Crippen LogP contribution in [0.3, 0.4) is 0 Å². The second kappa shape index (κ2) is 9.09. The first-order chi connectivity index (χ1) is 13.5. The number of nitrogens with zero attached hydrogens (tertiary/aromatic N) is 1. The van der Waals surface area contributed by atoms with Gasteiger partial charge in [-0.15, -0.1) is 0 Å². The van der Waals surface area contributed by atoms with E-state index in [9.17, 15) is 4.79 Å². The number of para-hydroxylation sites is 1. The number of aryl methyl sites for hydroxylation is 2. The van der Waals surface area contributed by atoms with Gasteiger partial charge < -0.3 is 9.88 Å². The van der Waals surface area contributed by atoms with Gasteiger partial charge in [0.15, 0.2) is 0 Å². The number of nitrogens with one attached hydrogen (secondary N) is 1. The SMILES string of the molecule is CCn1cc([C@H](CC(=O)NCCC(C)C)c2ccc(C)cc2)c2ccccc21. The maximum absolute atomic E-state index is 12.7. The fraction of sp³-hybridized carbons (Fsp3) is 0.400. The fourth-order valence-electron chi connectivity index (χ4n) is 3.78. The molecule has 0 aliphatic rings. The minimum absolute atomic E-state index is 0.0531. The van der Waals surface area contributed by atoms with Gasteiger partial charge in [-0.2, -0.15) is 0 Å². The Balaban J connectivity index is 1.95. The first kappa shape index (κ1) is 20.2. The lowest BCUT2D eigenvalue weighted by Gasteiger charge is -2.18. The van der Waals surface area contributed by atoms with Gasteiger partial charge in [0, 0.05) is 42.5 Å². The van der Waals surface area contributed by atoms with E-state index in [0.29, 0.717) is 12.3 Å². The molecule has 0 saturated carbocycles. The van der Waals surface area contributed by atoms with E-state index >= 15 is 0 Å². The monoisotopic (exact) mass is 376 g/mol. The average Bonchev–Trinajstić information content (AvgIpc) is 3.05. The standard InChI is InChI=1S/C25H32N2O/c1-5-27-17-23(21-8-6-7-9-24(21)27)22(20-12-10-19(4)11-13-20)16-25(28)26-15-14-18(2)3/h6-13,17-18,22H,5,14-16H2,1-4H3,(H,26,28)/t22-/m1/s1. The minimum atomic E-state index is 0.0531. The minimum Gasteiger partial charge on any atom is -0.356 e. The molecule has 0 aliphatic carbocycles. The number of fused-ring (bicyclic) bond motifs is 1. The zero-order valence-electron chi connectivity index (χ0n) is 17.5. The third-order valence-corrected chi connectivity index (χ3v) is 5.45. The van der Waals surface area contributed by atoms with Crippen LogP contribution in [0.1, 0.15) is 56.2 Å². The lowest BCUT2D eigenvalue weighted by Crippen LogP contribution is -2.27. The summed E-state index contributed by atoms with van der Waals surface area (Å²) in [5.41, 5.74) is 4.90. The Morgan fingerprint density at radius 1 is 1.07 bits per heavy atom. The molecule has 1 N–H and O–H groups in total. The van der Waals surface area contributed by atoms with E-state index in [4.69, 9.17) is 0 Å². The van der Waals surface area contributed by atoms with Crippen LogP contribution in [0.2, 0.25) is 0 Å². The molecular formula is C25H32N2O. The molecule has 3 heteroatoms. The van der Waals surface area contributed by atoms with Crippen LogP contribution in [0.25, 0.3) is 10.9 Å². The molecule has 28 heavy (non-hydrogen) atoms. The maximum atomic E-state index is 12.7. The summed E-state index contributed by atoms with van der Waals surface area (Å²) in [7, 11) is 0. The molecule has 1 heterocycles. The molecule has 2 aromatic carbocycles. The molecule has 0 bridgehead atoms. The second-order valence-corrected chi connectivity index (χ2v) is 8.09. The molecule has 0 radical (unpaired) electrons. The van der Waals surface area contributed by atoms with Crippen LogP contribution < -0.4 is 5.32 Å². The summed E-state index contributed by atoms with van der Waals surface area (Å²) in [6.07, 6.45) is 3.71. The normalized spacial score (nSPS) is 12.5. The van der Waals surface area contributed by atoms with Crippen LogP contribution in [0.5, 0.6) is 0 Å². The molecule has 1 amide bonds. The van der Waals surface area contributed by atoms with Gasteiger partial charge in [0.05, 0.1) is 0 Å². The van der Waals surface area contributed by atoms with E-state index in [1.165, 1.54) is 27.6 Å². The summed E-state index contributed by atoms with van der Waals surface area (Å²) in [6.45, 7) is 10.3. The van der Waals surface area contributed by atoms with Crippen LogP contribution in [0, 0.1) is 12.8 Å². The Bertz CT molecular complexity index is 921. The molecule has 3 aromatic rings. The summed E-state index contributed by atoms with van der Waals surface area (Å²) in [4.78, 5) is 12.7. The van der Waals surface area contributed by atoms with Crippen molar-refractivity contribution >= 4 is 16.8 Å². The first-order valence-corrected chi connectivity index (χ1v) is 10.4. The van der Waals surface area contributed by atoms with Gasteiger partial charge in [0.25, 0.3) is 0 Å². The predicted octanol–water partition coefficient (Wildman–Crippen LogP) is 5.65. The van der Waals surface area contributed by atoms with Gasteiger partial charge in [0.2, 0.25) is 5.91 Å². The Kier molecular flexibility index (Phi) is 6.56. The summed E-state index contributed by atoms with van der Waals surface area (Å²) in [5.74, 6) is 0.771. The van der Waals surface area contributed by atoms with Gasteiger partial charge in [-0.3, -0.25) is 4.79 Å². The molecule has 0 aliphatic heterocycles. The molecule has 3 nitrogen and oxygen atoms in total. The highest BCUT2D eigenvalue weighted by atomic mass is 16.1. The Labute approximate surface area is 168 Å². The van der Waals surface area contributed by atoms with Crippen molar-refractivity contribution in [2.24, 2.45) is 5.92 Å². The number of hydrogen-bond acceptors (Lipinski definition) is 1. The van der Waals surface area contributed by atoms with Crippen molar-refractivity contribution in [3.8, 4) is 0 Å². The number of rotatable bonds is 8. The summed E-state index contributed by atoms with van der Waals surface area (Å²) >= 11 is 0. The molecular weight excluding hydrogens is 344 g/mol. The van der Waals surface area contributed by atoms with Crippen molar-refractivity contribution < 1.29 is 4.79 Å². The average molecular weight is 377 g/mol. The van der Waals surface area contributed by atoms with E-state index in [1.807, 2.05) is 0 Å². The van der Waals surface area contributed by atoms with Gasteiger partial charge in [0.1, 0.15) is 0 Å². The molecule has 1 aromatic heterocycles. The van der Waals surface area contributed by atoms with Crippen LogP contribution in [-0.4, -0.2) is 17.0 Å². The largest absolute Gasteiger partial charge is 0.356 e. The smallest absolute Gasteiger partial charge is 0.220 e. The summed E-state index contributed by atoms with van der Waals surface area (Å²) < 4.78 is 2.28. The van der Waals surface area contributed by atoms with Crippen molar-refractivity contribution in [3.63, 3.8) is 0 Å². The molecule has 1 atom stereocenters. The number of carbonyl (C=O) groups is 1. The second-order valence-electron chi connectivity index (χ2n) is 8.09. The Morgan fingerprint density at radius 2 is 1.79 bits per heavy atom. The molecule has 0 unspecified atom stereocenters. The molecule has 0 fully saturated rings. The number of benzene rings is 2. The van der Waals surface area contributed by atoms with Gasteiger partial charge in [-0.25, -0.2) is 0 Å². The number of amides is 1. The number of aromatic nitrogens is 1. The lowest BCUT2D eigenvalue weighted by molar-refractivity contribution is -0.121. The molecule has 148 valence electrons. The highest BCUT2D eigenvalue weighted by Crippen LogP contribution is 2.35. The predicted molar refractivity (Wildman–Crippen MR) is 118 cm³/mol. The summed E-state index contributed by atoms with van der Waals surface area (Å²) in [5, 5.41) is 4.36. The van der Waals surface area contributed by atoms with Crippen molar-refractivity contribution in [1.82, 2.24) is 9.88 Å². The fourth-order valence-corrected chi connectivity index (χ4v) is 3.78. The van der Waals surface area contributed by atoms with E-state index in [1.54, 1.807) is 0 Å².